The number of amides is 1. The largest absolute Gasteiger partial charge is 0.324 e. The van der Waals surface area contributed by atoms with Gasteiger partial charge in [-0.05, 0) is 75.6 Å². The molecule has 1 fully saturated rings. The van der Waals surface area contributed by atoms with Crippen molar-refractivity contribution in [3.8, 4) is 0 Å². The van der Waals surface area contributed by atoms with Gasteiger partial charge in [0.25, 0.3) is 5.91 Å². The van der Waals surface area contributed by atoms with E-state index in [2.05, 4.69) is 15.2 Å². The van der Waals surface area contributed by atoms with Crippen molar-refractivity contribution in [1.82, 2.24) is 9.88 Å². The number of nitrogens with zero attached hydrogens (tertiary/aromatic N) is 3. The van der Waals surface area contributed by atoms with Crippen LogP contribution in [-0.4, -0.2) is 42.0 Å². The van der Waals surface area contributed by atoms with Gasteiger partial charge in [0.1, 0.15) is 5.82 Å². The number of carbonyl (C=O) groups excluding carboxylic acids is 1. The Balaban J connectivity index is 1.39. The van der Waals surface area contributed by atoms with E-state index in [0.29, 0.717) is 11.3 Å². The molecule has 1 N–H and O–H groups in total. The molecule has 1 aromatic carbocycles. The summed E-state index contributed by atoms with van der Waals surface area (Å²) in [5, 5.41) is 2.87. The van der Waals surface area contributed by atoms with Crippen LogP contribution in [0.1, 0.15) is 55.3 Å². The van der Waals surface area contributed by atoms with Crippen molar-refractivity contribution in [2.24, 2.45) is 0 Å². The lowest BCUT2D eigenvalue weighted by Gasteiger charge is -2.26. The predicted octanol–water partition coefficient (Wildman–Crippen LogP) is 4.97. The van der Waals surface area contributed by atoms with Gasteiger partial charge in [0, 0.05) is 12.7 Å². The highest BCUT2D eigenvalue weighted by atomic mass is 19.1. The zero-order chi connectivity index (χ0) is 20.1. The van der Waals surface area contributed by atoms with Crippen LogP contribution in [0.4, 0.5) is 21.6 Å². The van der Waals surface area contributed by atoms with Crippen LogP contribution in [0.5, 0.6) is 0 Å². The fourth-order valence-corrected chi connectivity index (χ4v) is 4.31. The van der Waals surface area contributed by atoms with Crippen LogP contribution >= 0.6 is 0 Å². The second-order valence-corrected chi connectivity index (χ2v) is 7.96. The monoisotopic (exact) mass is 396 g/mol. The summed E-state index contributed by atoms with van der Waals surface area (Å²) in [6, 6.07) is 8.04. The number of aromatic nitrogens is 1. The highest BCUT2D eigenvalue weighted by molar-refractivity contribution is 6.12. The third-order valence-electron chi connectivity index (χ3n) is 5.84. The summed E-state index contributed by atoms with van der Waals surface area (Å²) in [5.74, 6) is 0.0211. The lowest BCUT2D eigenvalue weighted by Crippen LogP contribution is -2.30. The molecule has 0 atom stereocenters. The van der Waals surface area contributed by atoms with Crippen LogP contribution in [0.25, 0.3) is 0 Å². The molecular formula is C23H29FN4O. The van der Waals surface area contributed by atoms with Crippen molar-refractivity contribution in [3.05, 3.63) is 47.9 Å². The molecule has 29 heavy (non-hydrogen) atoms. The van der Waals surface area contributed by atoms with E-state index < -0.39 is 5.82 Å². The first kappa shape index (κ1) is 19.8. The van der Waals surface area contributed by atoms with E-state index >= 15 is 0 Å². The number of piperidine rings is 1. The Bertz CT molecular complexity index is 851. The zero-order valence-electron chi connectivity index (χ0n) is 16.9. The van der Waals surface area contributed by atoms with Gasteiger partial charge in [-0.2, -0.15) is 0 Å². The number of fused-ring (bicyclic) bond motifs is 2. The van der Waals surface area contributed by atoms with Gasteiger partial charge in [0.15, 0.2) is 5.82 Å². The Kier molecular flexibility index (Phi) is 6.39. The van der Waals surface area contributed by atoms with E-state index in [1.165, 1.54) is 63.9 Å². The summed E-state index contributed by atoms with van der Waals surface area (Å²) in [6.45, 7) is 4.46. The Morgan fingerprint density at radius 2 is 1.79 bits per heavy atom. The smallest absolute Gasteiger partial charge is 0.257 e. The number of halogens is 1. The number of likely N-dealkylation sites (tertiary alicyclic amines) is 1. The Hall–Kier alpha value is -2.47. The van der Waals surface area contributed by atoms with Crippen LogP contribution in [-0.2, 0) is 0 Å². The van der Waals surface area contributed by atoms with Crippen LogP contribution in [0.3, 0.4) is 0 Å². The van der Waals surface area contributed by atoms with Gasteiger partial charge in [0.05, 0.1) is 16.9 Å². The third kappa shape index (κ3) is 4.75. The number of pyridine rings is 1. The van der Waals surface area contributed by atoms with Gasteiger partial charge < -0.3 is 15.1 Å². The minimum atomic E-state index is -0.407. The van der Waals surface area contributed by atoms with Crippen molar-refractivity contribution < 1.29 is 9.18 Å². The van der Waals surface area contributed by atoms with Crippen LogP contribution in [0.15, 0.2) is 36.5 Å². The van der Waals surface area contributed by atoms with Crippen molar-refractivity contribution in [1.29, 1.82) is 0 Å². The number of rotatable bonds is 7. The number of carbonyl (C=O) groups is 1. The summed E-state index contributed by atoms with van der Waals surface area (Å²) in [4.78, 5) is 21.7. The van der Waals surface area contributed by atoms with Crippen LogP contribution in [0.2, 0.25) is 0 Å². The molecule has 6 heteroatoms. The summed E-state index contributed by atoms with van der Waals surface area (Å²) in [6.07, 6.45) is 10.4. The summed E-state index contributed by atoms with van der Waals surface area (Å²) in [7, 11) is 0. The minimum absolute atomic E-state index is 0.294. The molecule has 2 aromatic rings. The minimum Gasteiger partial charge on any atom is -0.324 e. The Morgan fingerprint density at radius 3 is 2.62 bits per heavy atom. The molecule has 0 spiro atoms. The van der Waals surface area contributed by atoms with Crippen molar-refractivity contribution in [3.63, 3.8) is 0 Å². The van der Waals surface area contributed by atoms with Gasteiger partial charge in [-0.15, -0.1) is 0 Å². The quantitative estimate of drug-likeness (QED) is 0.671. The van der Waals surface area contributed by atoms with Gasteiger partial charge in [-0.25, -0.2) is 9.37 Å². The predicted molar refractivity (Wildman–Crippen MR) is 114 cm³/mol. The first-order valence-electron chi connectivity index (χ1n) is 10.8. The molecule has 2 aliphatic heterocycles. The molecule has 1 aromatic heterocycles. The molecule has 3 heterocycles. The highest BCUT2D eigenvalue weighted by Crippen LogP contribution is 2.36. The molecule has 0 saturated carbocycles. The lowest BCUT2D eigenvalue weighted by atomic mass is 10.1. The second-order valence-electron chi connectivity index (χ2n) is 7.96. The molecule has 1 saturated heterocycles. The number of hydrogen-bond acceptors (Lipinski definition) is 4. The van der Waals surface area contributed by atoms with Crippen LogP contribution < -0.4 is 10.2 Å². The van der Waals surface area contributed by atoms with E-state index in [1.54, 1.807) is 18.3 Å². The topological polar surface area (TPSA) is 48.5 Å². The zero-order valence-corrected chi connectivity index (χ0v) is 16.9. The van der Waals surface area contributed by atoms with Crippen molar-refractivity contribution >= 4 is 23.1 Å². The molecule has 5 nitrogen and oxygen atoms in total. The number of benzene rings is 1. The average Bonchev–Trinajstić information content (AvgIpc) is 2.86. The van der Waals surface area contributed by atoms with Crippen molar-refractivity contribution in [2.75, 3.05) is 36.4 Å². The first-order chi connectivity index (χ1) is 14.2. The highest BCUT2D eigenvalue weighted by Gasteiger charge is 2.26. The van der Waals surface area contributed by atoms with E-state index in [1.807, 2.05) is 11.0 Å². The number of anilines is 3. The van der Waals surface area contributed by atoms with E-state index in [9.17, 15) is 9.18 Å². The summed E-state index contributed by atoms with van der Waals surface area (Å²) >= 11 is 0. The molecule has 0 unspecified atom stereocenters. The number of nitrogens with one attached hydrogen (secondary N) is 1. The molecular weight excluding hydrogens is 367 g/mol. The van der Waals surface area contributed by atoms with Gasteiger partial charge >= 0.3 is 0 Å². The fraction of sp³-hybridized carbons (Fsp3) is 0.478. The third-order valence-corrected chi connectivity index (χ3v) is 5.84. The molecule has 0 bridgehead atoms. The lowest BCUT2D eigenvalue weighted by molar-refractivity contribution is 0.102. The summed E-state index contributed by atoms with van der Waals surface area (Å²) in [5.41, 5.74) is 1.74. The van der Waals surface area contributed by atoms with E-state index in [-0.39, 0.29) is 5.91 Å². The Labute approximate surface area is 171 Å². The maximum atomic E-state index is 13.8. The molecule has 154 valence electrons. The average molecular weight is 397 g/mol. The van der Waals surface area contributed by atoms with Gasteiger partial charge in [-0.1, -0.05) is 19.3 Å². The van der Waals surface area contributed by atoms with E-state index in [4.69, 9.17) is 0 Å². The number of hydrogen-bond donors (Lipinski definition) is 1. The fourth-order valence-electron chi connectivity index (χ4n) is 4.31. The van der Waals surface area contributed by atoms with Crippen molar-refractivity contribution in [2.45, 2.75) is 44.9 Å². The first-order valence-corrected chi connectivity index (χ1v) is 10.8. The van der Waals surface area contributed by atoms with Crippen LogP contribution in [0, 0.1) is 5.82 Å². The maximum absolute atomic E-state index is 13.8. The molecule has 1 amide bonds. The SMILES string of the molecule is O=C1Nc2cccnc2N(CCCCCCN2CCCCC2)c2ccc(F)cc21. The standard InChI is InChI=1S/C23H29FN4O/c24-18-10-11-21-19(17-18)23(29)26-20-9-8-12-25-22(20)28(21)16-7-2-1-4-13-27-14-5-3-6-15-27/h8-12,17H,1-7,13-16H2,(H,26,29). The molecule has 0 aliphatic carbocycles. The van der Waals surface area contributed by atoms with E-state index in [0.717, 1.165) is 30.9 Å². The number of unbranched alkanes of at least 4 members (excludes halogenated alkanes) is 3. The van der Waals surface area contributed by atoms with Gasteiger partial charge in [0.2, 0.25) is 0 Å². The molecule has 4 rings (SSSR count). The molecule has 2 aliphatic rings. The second kappa shape index (κ2) is 9.35. The normalized spacial score (nSPS) is 16.7. The molecule has 0 radical (unpaired) electrons. The maximum Gasteiger partial charge on any atom is 0.257 e. The van der Waals surface area contributed by atoms with Gasteiger partial charge in [-0.3, -0.25) is 4.79 Å². The summed E-state index contributed by atoms with van der Waals surface area (Å²) < 4.78 is 13.8. The Morgan fingerprint density at radius 1 is 1.00 bits per heavy atom.